The average molecular weight is 453 g/mol. The normalized spacial score (nSPS) is 10.4. The molecule has 0 radical (unpaired) electrons. The second-order valence-electron chi connectivity index (χ2n) is 7.40. The number of aromatic nitrogens is 6. The molecule has 6 nitrogen and oxygen atoms in total. The molecule has 0 amide bonds. The van der Waals surface area contributed by atoms with Crippen LogP contribution in [0.4, 0.5) is 13.2 Å². The molecular weight excluding hydrogens is 417 g/mol. The molecule has 0 aliphatic heterocycles. The fourth-order valence-corrected chi connectivity index (χ4v) is 2.01. The fraction of sp³-hybridized carbons (Fsp3) is 0.435. The van der Waals surface area contributed by atoms with E-state index < -0.39 is 5.95 Å². The molecule has 0 N–H and O–H groups in total. The van der Waals surface area contributed by atoms with E-state index in [9.17, 15) is 13.2 Å². The van der Waals surface area contributed by atoms with Gasteiger partial charge in [-0.15, -0.1) is 5.10 Å². The largest absolute Gasteiger partial charge is 0.267 e. The summed E-state index contributed by atoms with van der Waals surface area (Å²) in [5, 5.41) is 11.1. The maximum atomic E-state index is 12.5. The van der Waals surface area contributed by atoms with E-state index in [-0.39, 0.29) is 29.9 Å². The van der Waals surface area contributed by atoms with Gasteiger partial charge in [0.1, 0.15) is 0 Å². The summed E-state index contributed by atoms with van der Waals surface area (Å²) in [6.07, 6.45) is 11.2. The lowest BCUT2D eigenvalue weighted by atomic mass is 10.4. The summed E-state index contributed by atoms with van der Waals surface area (Å²) < 4.78 is 41.4. The zero-order valence-corrected chi connectivity index (χ0v) is 20.0. The predicted molar refractivity (Wildman–Crippen MR) is 123 cm³/mol. The van der Waals surface area contributed by atoms with Crippen molar-refractivity contribution in [3.05, 3.63) is 79.4 Å². The van der Waals surface area contributed by atoms with Crippen molar-refractivity contribution in [3.63, 3.8) is 0 Å². The monoisotopic (exact) mass is 452 g/mol. The van der Waals surface area contributed by atoms with Crippen molar-refractivity contribution in [2.24, 2.45) is 0 Å². The highest BCUT2D eigenvalue weighted by atomic mass is 19.1. The Labute approximate surface area is 189 Å². The second-order valence-corrected chi connectivity index (χ2v) is 7.40. The average Bonchev–Trinajstić information content (AvgIpc) is 3.45. The SMILES string of the molecule is C=C/C=C\C.CC(C)n1cc(F)cn1.CC(C)n1ccc(F)n1.CC(C)n1nccc1F. The van der Waals surface area contributed by atoms with Gasteiger partial charge < -0.3 is 0 Å². The third-order valence-corrected chi connectivity index (χ3v) is 3.64. The molecule has 0 saturated carbocycles. The van der Waals surface area contributed by atoms with Gasteiger partial charge in [-0.25, -0.2) is 9.07 Å². The highest BCUT2D eigenvalue weighted by Crippen LogP contribution is 2.05. The molecule has 3 aromatic rings. The second kappa shape index (κ2) is 15.7. The van der Waals surface area contributed by atoms with Crippen molar-refractivity contribution < 1.29 is 13.2 Å². The van der Waals surface area contributed by atoms with E-state index in [1.165, 1.54) is 35.4 Å². The van der Waals surface area contributed by atoms with E-state index in [2.05, 4.69) is 21.9 Å². The molecule has 3 aromatic heterocycles. The standard InChI is InChI=1S/3C6H9FN2.C5H8/c1-5(2)9-4-6(7)3-8-9;1-5(2)9-4-3-6(7)8-9;1-5(2)9-6(7)3-4-8-9;1-3-5-4-2/h3*3-5H,1-2H3;3-5H,1H2,2H3/b;;;5-4-. The van der Waals surface area contributed by atoms with Crippen LogP contribution in [-0.2, 0) is 0 Å². The van der Waals surface area contributed by atoms with Gasteiger partial charge in [0.25, 0.3) is 0 Å². The van der Waals surface area contributed by atoms with Crippen molar-refractivity contribution in [1.82, 2.24) is 29.3 Å². The summed E-state index contributed by atoms with van der Waals surface area (Å²) >= 11 is 0. The Morgan fingerprint density at radius 1 is 0.906 bits per heavy atom. The molecule has 178 valence electrons. The van der Waals surface area contributed by atoms with E-state index >= 15 is 0 Å². The number of allylic oxidation sites excluding steroid dienone is 3. The van der Waals surface area contributed by atoms with Crippen LogP contribution in [0.1, 0.15) is 66.6 Å². The van der Waals surface area contributed by atoms with Gasteiger partial charge in [-0.1, -0.05) is 24.8 Å². The first-order chi connectivity index (χ1) is 15.0. The Bertz CT molecular complexity index is 862. The first-order valence-electron chi connectivity index (χ1n) is 10.4. The topological polar surface area (TPSA) is 53.5 Å². The smallest absolute Gasteiger partial charge is 0.232 e. The van der Waals surface area contributed by atoms with Crippen molar-refractivity contribution in [3.8, 4) is 0 Å². The lowest BCUT2D eigenvalue weighted by Gasteiger charge is -2.03. The Kier molecular flexibility index (Phi) is 14.1. The lowest BCUT2D eigenvalue weighted by Crippen LogP contribution is -2.04. The number of rotatable bonds is 4. The van der Waals surface area contributed by atoms with Gasteiger partial charge in [-0.05, 0) is 48.5 Å². The van der Waals surface area contributed by atoms with Gasteiger partial charge in [-0.3, -0.25) is 9.36 Å². The molecule has 0 unspecified atom stereocenters. The van der Waals surface area contributed by atoms with Crippen molar-refractivity contribution in [2.45, 2.75) is 66.6 Å². The van der Waals surface area contributed by atoms with Gasteiger partial charge in [0.05, 0.1) is 18.6 Å². The Morgan fingerprint density at radius 2 is 1.53 bits per heavy atom. The summed E-state index contributed by atoms with van der Waals surface area (Å²) in [6, 6.07) is 3.30. The number of hydrogen-bond donors (Lipinski definition) is 0. The lowest BCUT2D eigenvalue weighted by molar-refractivity contribution is 0.416. The van der Waals surface area contributed by atoms with Crippen LogP contribution in [-0.4, -0.2) is 29.3 Å². The summed E-state index contributed by atoms with van der Waals surface area (Å²) in [5.41, 5.74) is 0. The van der Waals surface area contributed by atoms with Gasteiger partial charge in [0, 0.05) is 36.5 Å². The zero-order chi connectivity index (χ0) is 24.7. The maximum Gasteiger partial charge on any atom is 0.232 e. The quantitative estimate of drug-likeness (QED) is 0.421. The van der Waals surface area contributed by atoms with E-state index in [0.29, 0.717) is 0 Å². The van der Waals surface area contributed by atoms with Crippen LogP contribution >= 0.6 is 0 Å². The van der Waals surface area contributed by atoms with Crippen LogP contribution in [0.3, 0.4) is 0 Å². The first kappa shape index (κ1) is 28.9. The maximum absolute atomic E-state index is 12.5. The summed E-state index contributed by atoms with van der Waals surface area (Å²) in [5.74, 6) is -0.961. The van der Waals surface area contributed by atoms with Gasteiger partial charge in [0.15, 0.2) is 5.82 Å². The van der Waals surface area contributed by atoms with E-state index in [0.717, 1.165) is 0 Å². The highest BCUT2D eigenvalue weighted by molar-refractivity contribution is 4.94. The Hall–Kier alpha value is -3.10. The third kappa shape index (κ3) is 11.9. The minimum Gasteiger partial charge on any atom is -0.267 e. The minimum absolute atomic E-state index is 0.111. The molecule has 0 spiro atoms. The molecule has 3 heterocycles. The molecule has 0 fully saturated rings. The van der Waals surface area contributed by atoms with Gasteiger partial charge in [0.2, 0.25) is 11.9 Å². The Balaban J connectivity index is 0.000000410. The van der Waals surface area contributed by atoms with Crippen LogP contribution in [0, 0.1) is 17.7 Å². The first-order valence-corrected chi connectivity index (χ1v) is 10.4. The molecule has 0 aliphatic carbocycles. The molecule has 0 atom stereocenters. The van der Waals surface area contributed by atoms with Crippen molar-refractivity contribution >= 4 is 0 Å². The van der Waals surface area contributed by atoms with Crippen LogP contribution in [0.5, 0.6) is 0 Å². The molecule has 9 heteroatoms. The van der Waals surface area contributed by atoms with Crippen LogP contribution in [0.15, 0.2) is 61.7 Å². The third-order valence-electron chi connectivity index (χ3n) is 3.64. The molecular formula is C23H35F3N6. The summed E-state index contributed by atoms with van der Waals surface area (Å²) in [4.78, 5) is 0. The molecule has 0 aliphatic rings. The fourth-order valence-electron chi connectivity index (χ4n) is 2.01. The Morgan fingerprint density at radius 3 is 1.72 bits per heavy atom. The van der Waals surface area contributed by atoms with Crippen molar-refractivity contribution in [2.75, 3.05) is 0 Å². The highest BCUT2D eigenvalue weighted by Gasteiger charge is 2.02. The summed E-state index contributed by atoms with van der Waals surface area (Å²) in [6.45, 7) is 17.0. The number of hydrogen-bond acceptors (Lipinski definition) is 3. The van der Waals surface area contributed by atoms with Crippen LogP contribution < -0.4 is 0 Å². The van der Waals surface area contributed by atoms with E-state index in [1.54, 1.807) is 21.6 Å². The number of nitrogens with zero attached hydrogens (tertiary/aromatic N) is 6. The predicted octanol–water partition coefficient (Wildman–Crippen LogP) is 6.56. The molecule has 0 saturated heterocycles. The molecule has 32 heavy (non-hydrogen) atoms. The molecule has 0 aromatic carbocycles. The number of halogens is 3. The molecule has 0 bridgehead atoms. The van der Waals surface area contributed by atoms with Crippen LogP contribution in [0.2, 0.25) is 0 Å². The summed E-state index contributed by atoms with van der Waals surface area (Å²) in [7, 11) is 0. The van der Waals surface area contributed by atoms with Crippen molar-refractivity contribution in [1.29, 1.82) is 0 Å². The van der Waals surface area contributed by atoms with Gasteiger partial charge in [-0.2, -0.15) is 19.0 Å². The zero-order valence-electron chi connectivity index (χ0n) is 20.0. The van der Waals surface area contributed by atoms with E-state index in [1.807, 2.05) is 60.6 Å². The van der Waals surface area contributed by atoms with Crippen LogP contribution in [0.25, 0.3) is 0 Å². The molecule has 3 rings (SSSR count). The van der Waals surface area contributed by atoms with Gasteiger partial charge >= 0.3 is 0 Å². The minimum atomic E-state index is -0.413. The van der Waals surface area contributed by atoms with E-state index in [4.69, 9.17) is 0 Å².